The van der Waals surface area contributed by atoms with Crippen molar-refractivity contribution in [2.75, 3.05) is 11.4 Å². The van der Waals surface area contributed by atoms with Crippen molar-refractivity contribution in [1.82, 2.24) is 4.98 Å². The van der Waals surface area contributed by atoms with Crippen molar-refractivity contribution < 1.29 is 0 Å². The summed E-state index contributed by atoms with van der Waals surface area (Å²) in [7, 11) is 0. The Hall–Kier alpha value is -0.570. The van der Waals surface area contributed by atoms with Gasteiger partial charge in [0.05, 0.1) is 0 Å². The fraction of sp³-hybridized carbons (Fsp3) is 0.583. The van der Waals surface area contributed by atoms with Crippen LogP contribution in [0.2, 0.25) is 0 Å². The fourth-order valence-corrected chi connectivity index (χ4v) is 1.92. The maximum absolute atomic E-state index is 4.49. The highest BCUT2D eigenvalue weighted by molar-refractivity contribution is 9.08. The van der Waals surface area contributed by atoms with E-state index in [0.717, 1.165) is 24.1 Å². The van der Waals surface area contributed by atoms with E-state index in [4.69, 9.17) is 0 Å². The highest BCUT2D eigenvalue weighted by Crippen LogP contribution is 2.16. The van der Waals surface area contributed by atoms with Gasteiger partial charge in [-0.15, -0.1) is 0 Å². The van der Waals surface area contributed by atoms with Gasteiger partial charge in [-0.3, -0.25) is 0 Å². The van der Waals surface area contributed by atoms with Crippen LogP contribution in [0.4, 0.5) is 5.82 Å². The molecule has 0 aliphatic carbocycles. The third-order valence-corrected chi connectivity index (χ3v) is 3.37. The van der Waals surface area contributed by atoms with Crippen molar-refractivity contribution in [3.05, 3.63) is 23.9 Å². The van der Waals surface area contributed by atoms with E-state index < -0.39 is 0 Å². The van der Waals surface area contributed by atoms with E-state index in [0.29, 0.717) is 6.04 Å². The molecule has 1 atom stereocenters. The van der Waals surface area contributed by atoms with Gasteiger partial charge < -0.3 is 4.90 Å². The van der Waals surface area contributed by atoms with Crippen LogP contribution < -0.4 is 4.90 Å². The molecule has 1 rings (SSSR count). The summed E-state index contributed by atoms with van der Waals surface area (Å²) in [6, 6.07) is 4.78. The first-order chi connectivity index (χ1) is 7.22. The lowest BCUT2D eigenvalue weighted by molar-refractivity contribution is 0.623. The summed E-state index contributed by atoms with van der Waals surface area (Å²) in [5.41, 5.74) is 1.22. The van der Waals surface area contributed by atoms with Gasteiger partial charge in [-0.25, -0.2) is 4.98 Å². The molecule has 0 fully saturated rings. The number of hydrogen-bond donors (Lipinski definition) is 0. The summed E-state index contributed by atoms with van der Waals surface area (Å²) in [6.45, 7) is 7.63. The maximum atomic E-state index is 4.49. The Morgan fingerprint density at radius 2 is 2.13 bits per heavy atom. The topological polar surface area (TPSA) is 16.1 Å². The summed E-state index contributed by atoms with van der Waals surface area (Å²) in [5.74, 6) is 1.08. The number of hydrogen-bond acceptors (Lipinski definition) is 2. The van der Waals surface area contributed by atoms with Crippen molar-refractivity contribution in [1.29, 1.82) is 0 Å². The van der Waals surface area contributed by atoms with Crippen molar-refractivity contribution >= 4 is 21.7 Å². The average molecular weight is 271 g/mol. The Balaban J connectivity index is 2.83. The van der Waals surface area contributed by atoms with Gasteiger partial charge >= 0.3 is 0 Å². The molecular weight excluding hydrogens is 252 g/mol. The molecule has 0 aromatic carbocycles. The van der Waals surface area contributed by atoms with Crippen LogP contribution in [0.15, 0.2) is 18.3 Å². The van der Waals surface area contributed by atoms with Gasteiger partial charge in [0.1, 0.15) is 5.82 Å². The van der Waals surface area contributed by atoms with E-state index in [1.54, 1.807) is 0 Å². The first kappa shape index (κ1) is 12.5. The lowest BCUT2D eigenvalue weighted by Crippen LogP contribution is -2.32. The molecule has 0 spiro atoms. The molecule has 84 valence electrons. The number of pyridine rings is 1. The average Bonchev–Trinajstić information content (AvgIpc) is 2.30. The molecule has 2 nitrogen and oxygen atoms in total. The van der Waals surface area contributed by atoms with Crippen molar-refractivity contribution in [3.63, 3.8) is 0 Å². The molecule has 0 N–H and O–H groups in total. The Labute approximate surface area is 101 Å². The number of anilines is 1. The standard InChI is InChI=1S/C12H19BrN2/c1-4-10(3)15(5-2)12-7-6-11(8-13)9-14-12/h6-7,9-10H,4-5,8H2,1-3H3. The van der Waals surface area contributed by atoms with Gasteiger partial charge in [0.2, 0.25) is 0 Å². The second kappa shape index (κ2) is 6.11. The number of nitrogens with zero attached hydrogens (tertiary/aromatic N) is 2. The van der Waals surface area contributed by atoms with Crippen LogP contribution in [0, 0.1) is 0 Å². The number of halogens is 1. The van der Waals surface area contributed by atoms with Crippen LogP contribution in [0.3, 0.4) is 0 Å². The molecule has 3 heteroatoms. The van der Waals surface area contributed by atoms with Crippen LogP contribution in [0.1, 0.15) is 32.8 Å². The number of aromatic nitrogens is 1. The minimum absolute atomic E-state index is 0.553. The molecule has 1 unspecified atom stereocenters. The van der Waals surface area contributed by atoms with Crippen LogP contribution in [0.25, 0.3) is 0 Å². The minimum atomic E-state index is 0.553. The molecule has 1 aromatic rings. The Kier molecular flexibility index (Phi) is 5.09. The Bertz CT molecular complexity index is 284. The molecule has 0 aliphatic heterocycles. The lowest BCUT2D eigenvalue weighted by atomic mass is 10.2. The van der Waals surface area contributed by atoms with Crippen LogP contribution in [0.5, 0.6) is 0 Å². The first-order valence-corrected chi connectivity index (χ1v) is 6.62. The van der Waals surface area contributed by atoms with Gasteiger partial charge in [-0.05, 0) is 31.9 Å². The normalized spacial score (nSPS) is 12.5. The second-order valence-electron chi connectivity index (χ2n) is 3.70. The first-order valence-electron chi connectivity index (χ1n) is 5.50. The zero-order valence-electron chi connectivity index (χ0n) is 9.70. The molecule has 0 amide bonds. The zero-order chi connectivity index (χ0) is 11.3. The van der Waals surface area contributed by atoms with Gasteiger partial charge in [-0.2, -0.15) is 0 Å². The minimum Gasteiger partial charge on any atom is -0.354 e. The Morgan fingerprint density at radius 1 is 1.40 bits per heavy atom. The van der Waals surface area contributed by atoms with E-state index in [-0.39, 0.29) is 0 Å². The van der Waals surface area contributed by atoms with E-state index in [2.05, 4.69) is 58.7 Å². The molecule has 0 bridgehead atoms. The predicted molar refractivity (Wildman–Crippen MR) is 69.6 cm³/mol. The molecule has 15 heavy (non-hydrogen) atoms. The monoisotopic (exact) mass is 270 g/mol. The smallest absolute Gasteiger partial charge is 0.128 e. The summed E-state index contributed by atoms with van der Waals surface area (Å²) >= 11 is 3.43. The van der Waals surface area contributed by atoms with Crippen molar-refractivity contribution in [2.45, 2.75) is 38.6 Å². The van der Waals surface area contributed by atoms with Gasteiger partial charge in [-0.1, -0.05) is 28.9 Å². The van der Waals surface area contributed by atoms with Crippen LogP contribution >= 0.6 is 15.9 Å². The molecule has 0 radical (unpaired) electrons. The van der Waals surface area contributed by atoms with Crippen molar-refractivity contribution in [3.8, 4) is 0 Å². The third-order valence-electron chi connectivity index (χ3n) is 2.72. The van der Waals surface area contributed by atoms with Crippen LogP contribution in [-0.2, 0) is 5.33 Å². The van der Waals surface area contributed by atoms with E-state index in [9.17, 15) is 0 Å². The summed E-state index contributed by atoms with van der Waals surface area (Å²) in [6.07, 6.45) is 3.09. The highest BCUT2D eigenvalue weighted by Gasteiger charge is 2.11. The highest BCUT2D eigenvalue weighted by atomic mass is 79.9. The van der Waals surface area contributed by atoms with E-state index in [1.807, 2.05) is 6.20 Å². The second-order valence-corrected chi connectivity index (χ2v) is 4.26. The van der Waals surface area contributed by atoms with Crippen molar-refractivity contribution in [2.24, 2.45) is 0 Å². The summed E-state index contributed by atoms with van der Waals surface area (Å²) in [4.78, 5) is 6.82. The van der Waals surface area contributed by atoms with Gasteiger partial charge in [0.25, 0.3) is 0 Å². The van der Waals surface area contributed by atoms with Gasteiger partial charge in [0, 0.05) is 24.1 Å². The molecule has 1 heterocycles. The molecule has 0 aliphatic rings. The SMILES string of the molecule is CCC(C)N(CC)c1ccc(CBr)cn1. The molecular formula is C12H19BrN2. The zero-order valence-corrected chi connectivity index (χ0v) is 11.3. The van der Waals surface area contributed by atoms with Crippen LogP contribution in [-0.4, -0.2) is 17.6 Å². The largest absolute Gasteiger partial charge is 0.354 e. The molecule has 1 aromatic heterocycles. The molecule has 0 saturated carbocycles. The summed E-state index contributed by atoms with van der Waals surface area (Å²) < 4.78 is 0. The molecule has 0 saturated heterocycles. The summed E-state index contributed by atoms with van der Waals surface area (Å²) in [5, 5.41) is 0.871. The van der Waals surface area contributed by atoms with E-state index >= 15 is 0 Å². The fourth-order valence-electron chi connectivity index (χ4n) is 1.59. The Morgan fingerprint density at radius 3 is 2.53 bits per heavy atom. The van der Waals surface area contributed by atoms with E-state index in [1.165, 1.54) is 5.56 Å². The number of alkyl halides is 1. The maximum Gasteiger partial charge on any atom is 0.128 e. The third kappa shape index (κ3) is 3.20. The quantitative estimate of drug-likeness (QED) is 0.761. The lowest BCUT2D eigenvalue weighted by Gasteiger charge is -2.28. The van der Waals surface area contributed by atoms with Gasteiger partial charge in [0.15, 0.2) is 0 Å². The predicted octanol–water partition coefficient (Wildman–Crippen LogP) is 3.60. The number of rotatable bonds is 5.